The zero-order chi connectivity index (χ0) is 19.0. The molecule has 144 valence electrons. The van der Waals surface area contributed by atoms with Crippen molar-refractivity contribution >= 4 is 17.9 Å². The average Bonchev–Trinajstić information content (AvgIpc) is 3.04. The number of esters is 2. The molecule has 1 aliphatic heterocycles. The second-order valence-electron chi connectivity index (χ2n) is 6.96. The van der Waals surface area contributed by atoms with Crippen LogP contribution < -0.4 is 10.4 Å². The molecular weight excluding hydrogens is 332 g/mol. The van der Waals surface area contributed by atoms with Crippen LogP contribution in [0.1, 0.15) is 26.2 Å². The summed E-state index contributed by atoms with van der Waals surface area (Å²) in [4.78, 5) is 35.2. The van der Waals surface area contributed by atoms with E-state index >= 15 is 0 Å². The van der Waals surface area contributed by atoms with E-state index in [1.165, 1.54) is 6.92 Å². The Balaban J connectivity index is 2.69. The van der Waals surface area contributed by atoms with E-state index < -0.39 is 36.3 Å². The van der Waals surface area contributed by atoms with E-state index in [0.29, 0.717) is 24.0 Å². The van der Waals surface area contributed by atoms with Crippen LogP contribution in [0.15, 0.2) is 0 Å². The fourth-order valence-electron chi connectivity index (χ4n) is 2.15. The number of carboxylic acids is 1. The maximum absolute atomic E-state index is 12.2. The SMILES string of the molecule is CCC(OC(=O)C(OCC[N+](C)(C)C)OC(=O)[C@@H]1CCCN1)C(=O)[O-]. The number of nitrogens with one attached hydrogen (secondary N) is 1. The minimum absolute atomic E-state index is 0.0395. The van der Waals surface area contributed by atoms with Crippen LogP contribution >= 0.6 is 0 Å². The average molecular weight is 360 g/mol. The first-order valence-electron chi connectivity index (χ1n) is 8.41. The summed E-state index contributed by atoms with van der Waals surface area (Å²) < 4.78 is 15.9. The molecule has 0 radical (unpaired) electrons. The third kappa shape index (κ3) is 7.80. The number of hydrogen-bond acceptors (Lipinski definition) is 8. The standard InChI is InChI=1S/C16H28N2O7/c1-5-12(13(19)20)24-15(22)16(23-10-9-18(2,3)4)25-14(21)11-7-6-8-17-11/h11-12,16-17H,5-10H2,1-4H3/t11-,12?,16?/m0/s1. The highest BCUT2D eigenvalue weighted by atomic mass is 16.7. The van der Waals surface area contributed by atoms with Crippen molar-refractivity contribution in [1.29, 1.82) is 0 Å². The molecule has 0 spiro atoms. The lowest BCUT2D eigenvalue weighted by Crippen LogP contribution is -2.45. The summed E-state index contributed by atoms with van der Waals surface area (Å²) in [5, 5.41) is 13.9. The third-order valence-electron chi connectivity index (χ3n) is 3.68. The van der Waals surface area contributed by atoms with E-state index in [4.69, 9.17) is 14.2 Å². The van der Waals surface area contributed by atoms with Crippen molar-refractivity contribution in [2.24, 2.45) is 0 Å². The van der Waals surface area contributed by atoms with E-state index in [2.05, 4.69) is 5.32 Å². The van der Waals surface area contributed by atoms with Crippen LogP contribution in [0.2, 0.25) is 0 Å². The number of hydrogen-bond donors (Lipinski definition) is 1. The number of aliphatic carboxylic acids is 1. The maximum Gasteiger partial charge on any atom is 0.377 e. The van der Waals surface area contributed by atoms with Crippen LogP contribution in [0, 0.1) is 0 Å². The lowest BCUT2D eigenvalue weighted by atomic mass is 10.2. The Morgan fingerprint density at radius 2 is 1.92 bits per heavy atom. The molecule has 9 heteroatoms. The van der Waals surface area contributed by atoms with Gasteiger partial charge in [-0.2, -0.15) is 0 Å². The van der Waals surface area contributed by atoms with Gasteiger partial charge in [0.1, 0.15) is 25.3 Å². The van der Waals surface area contributed by atoms with E-state index in [1.54, 1.807) is 0 Å². The van der Waals surface area contributed by atoms with Crippen LogP contribution in [0.25, 0.3) is 0 Å². The molecule has 3 atom stereocenters. The molecule has 1 heterocycles. The number of carbonyl (C=O) groups excluding carboxylic acids is 3. The van der Waals surface area contributed by atoms with Crippen LogP contribution in [0.5, 0.6) is 0 Å². The molecule has 0 saturated carbocycles. The number of nitrogens with zero attached hydrogens (tertiary/aromatic N) is 1. The number of quaternary nitrogens is 1. The Kier molecular flexibility index (Phi) is 8.27. The van der Waals surface area contributed by atoms with Gasteiger partial charge in [-0.3, -0.25) is 4.79 Å². The van der Waals surface area contributed by atoms with Crippen LogP contribution in [-0.4, -0.2) is 81.7 Å². The summed E-state index contributed by atoms with van der Waals surface area (Å²) in [6, 6.07) is -0.500. The summed E-state index contributed by atoms with van der Waals surface area (Å²) >= 11 is 0. The third-order valence-corrected chi connectivity index (χ3v) is 3.68. The van der Waals surface area contributed by atoms with Gasteiger partial charge in [-0.1, -0.05) is 6.92 Å². The Labute approximate surface area is 147 Å². The van der Waals surface area contributed by atoms with Crippen molar-refractivity contribution in [2.75, 3.05) is 40.8 Å². The van der Waals surface area contributed by atoms with Crippen molar-refractivity contribution < 1.29 is 38.2 Å². The predicted octanol–water partition coefficient (Wildman–Crippen LogP) is -1.60. The number of carboxylic acid groups (broad SMARTS) is 1. The van der Waals surface area contributed by atoms with Gasteiger partial charge in [0.05, 0.1) is 27.1 Å². The molecule has 25 heavy (non-hydrogen) atoms. The Bertz CT molecular complexity index is 470. The molecule has 0 aromatic carbocycles. The number of ether oxygens (including phenoxy) is 3. The lowest BCUT2D eigenvalue weighted by Gasteiger charge is -2.26. The van der Waals surface area contributed by atoms with Gasteiger partial charge in [0.2, 0.25) is 0 Å². The summed E-state index contributed by atoms with van der Waals surface area (Å²) in [5.41, 5.74) is 0. The van der Waals surface area contributed by atoms with Gasteiger partial charge in [0, 0.05) is 0 Å². The molecule has 1 fully saturated rings. The summed E-state index contributed by atoms with van der Waals surface area (Å²) in [5.74, 6) is -3.18. The van der Waals surface area contributed by atoms with Gasteiger partial charge in [0.25, 0.3) is 0 Å². The molecule has 0 amide bonds. The summed E-state index contributed by atoms with van der Waals surface area (Å²) in [7, 11) is 5.82. The molecule has 1 rings (SSSR count). The minimum atomic E-state index is -1.60. The zero-order valence-corrected chi connectivity index (χ0v) is 15.3. The fourth-order valence-corrected chi connectivity index (χ4v) is 2.15. The fraction of sp³-hybridized carbons (Fsp3) is 0.812. The molecule has 1 saturated heterocycles. The molecule has 0 aliphatic carbocycles. The van der Waals surface area contributed by atoms with Gasteiger partial charge in [-0.15, -0.1) is 0 Å². The topological polar surface area (TPSA) is 114 Å². The molecule has 0 bridgehead atoms. The van der Waals surface area contributed by atoms with Gasteiger partial charge >= 0.3 is 18.2 Å². The Hall–Kier alpha value is -1.71. The smallest absolute Gasteiger partial charge is 0.377 e. The minimum Gasteiger partial charge on any atom is -0.546 e. The number of likely N-dealkylation sites (N-methyl/N-ethyl adjacent to an activating group) is 1. The van der Waals surface area contributed by atoms with Gasteiger partial charge in [-0.25, -0.2) is 4.79 Å². The molecule has 2 unspecified atom stereocenters. The molecular formula is C16H28N2O7. The summed E-state index contributed by atoms with van der Waals surface area (Å²) in [6.07, 6.45) is -1.54. The van der Waals surface area contributed by atoms with Crippen molar-refractivity contribution in [3.05, 3.63) is 0 Å². The highest BCUT2D eigenvalue weighted by molar-refractivity contribution is 5.83. The first-order valence-corrected chi connectivity index (χ1v) is 8.41. The summed E-state index contributed by atoms with van der Waals surface area (Å²) in [6.45, 7) is 2.92. The highest BCUT2D eigenvalue weighted by Crippen LogP contribution is 2.11. The van der Waals surface area contributed by atoms with Crippen molar-refractivity contribution in [3.63, 3.8) is 0 Å². The van der Waals surface area contributed by atoms with Gasteiger partial charge in [0.15, 0.2) is 0 Å². The Morgan fingerprint density at radius 1 is 1.24 bits per heavy atom. The maximum atomic E-state index is 12.2. The van der Waals surface area contributed by atoms with Crippen LogP contribution in [0.3, 0.4) is 0 Å². The monoisotopic (exact) mass is 360 g/mol. The normalized spacial score (nSPS) is 19.9. The van der Waals surface area contributed by atoms with Crippen molar-refractivity contribution in [2.45, 2.75) is 44.6 Å². The quantitative estimate of drug-likeness (QED) is 0.282. The van der Waals surface area contributed by atoms with Crippen molar-refractivity contribution in [3.8, 4) is 0 Å². The molecule has 1 N–H and O–H groups in total. The van der Waals surface area contributed by atoms with E-state index in [1.807, 2.05) is 21.1 Å². The number of carbonyl (C=O) groups is 3. The lowest BCUT2D eigenvalue weighted by molar-refractivity contribution is -0.870. The Morgan fingerprint density at radius 3 is 2.40 bits per heavy atom. The number of rotatable bonds is 10. The molecule has 1 aliphatic rings. The van der Waals surface area contributed by atoms with Crippen molar-refractivity contribution in [1.82, 2.24) is 5.32 Å². The van der Waals surface area contributed by atoms with Gasteiger partial charge < -0.3 is 33.9 Å². The molecule has 0 aromatic heterocycles. The highest BCUT2D eigenvalue weighted by Gasteiger charge is 2.32. The van der Waals surface area contributed by atoms with Crippen LogP contribution in [-0.2, 0) is 28.6 Å². The van der Waals surface area contributed by atoms with Gasteiger partial charge in [-0.05, 0) is 25.8 Å². The van der Waals surface area contributed by atoms with E-state index in [0.717, 1.165) is 6.42 Å². The van der Waals surface area contributed by atoms with E-state index in [9.17, 15) is 19.5 Å². The molecule has 9 nitrogen and oxygen atoms in total. The zero-order valence-electron chi connectivity index (χ0n) is 15.3. The predicted molar refractivity (Wildman–Crippen MR) is 84.9 cm³/mol. The molecule has 0 aromatic rings. The second kappa shape index (κ2) is 9.69. The first-order chi connectivity index (χ1) is 11.6. The first kappa shape index (κ1) is 21.3. The van der Waals surface area contributed by atoms with Crippen LogP contribution in [0.4, 0.5) is 0 Å². The van der Waals surface area contributed by atoms with E-state index in [-0.39, 0.29) is 13.0 Å². The largest absolute Gasteiger partial charge is 0.546 e. The second-order valence-corrected chi connectivity index (χ2v) is 6.96.